The number of nitrogens with zero attached hydrogens (tertiary/aromatic N) is 1. The van der Waals surface area contributed by atoms with Crippen LogP contribution in [0.2, 0.25) is 0 Å². The number of carbonyl (C=O) groups excluding carboxylic acids is 2. The van der Waals surface area contributed by atoms with Crippen LogP contribution in [-0.4, -0.2) is 41.9 Å². The first kappa shape index (κ1) is 22.6. The molecule has 30 heavy (non-hydrogen) atoms. The third kappa shape index (κ3) is 6.19. The van der Waals surface area contributed by atoms with Gasteiger partial charge in [-0.3, -0.25) is 14.5 Å². The molecule has 0 aliphatic carbocycles. The van der Waals surface area contributed by atoms with E-state index in [1.54, 1.807) is 24.3 Å². The summed E-state index contributed by atoms with van der Waals surface area (Å²) in [6.07, 6.45) is 2.82. The summed E-state index contributed by atoms with van der Waals surface area (Å²) in [7, 11) is 0. The van der Waals surface area contributed by atoms with Crippen molar-refractivity contribution in [3.8, 4) is 0 Å². The first-order chi connectivity index (χ1) is 14.2. The largest absolute Gasteiger partial charge is 0.444 e. The van der Waals surface area contributed by atoms with Crippen molar-refractivity contribution in [1.29, 1.82) is 0 Å². The van der Waals surface area contributed by atoms with E-state index in [0.29, 0.717) is 29.2 Å². The minimum Gasteiger partial charge on any atom is -0.444 e. The van der Waals surface area contributed by atoms with Crippen LogP contribution in [-0.2, 0) is 11.2 Å². The van der Waals surface area contributed by atoms with Crippen molar-refractivity contribution in [2.45, 2.75) is 45.6 Å². The van der Waals surface area contributed by atoms with Crippen LogP contribution < -0.4 is 10.6 Å². The van der Waals surface area contributed by atoms with Crippen molar-refractivity contribution in [3.63, 3.8) is 0 Å². The van der Waals surface area contributed by atoms with Gasteiger partial charge in [-0.15, -0.1) is 0 Å². The van der Waals surface area contributed by atoms with Crippen LogP contribution in [0.3, 0.4) is 0 Å². The number of hydrogen-bond acceptors (Lipinski definition) is 4. The summed E-state index contributed by atoms with van der Waals surface area (Å²) in [6, 6.07) is 10.6. The summed E-state index contributed by atoms with van der Waals surface area (Å²) in [4.78, 5) is 27.0. The fourth-order valence-corrected chi connectivity index (χ4v) is 4.06. The average molecular weight is 476 g/mol. The summed E-state index contributed by atoms with van der Waals surface area (Å²) in [5.41, 5.74) is 1.49. The first-order valence-electron chi connectivity index (χ1n) is 10.4. The van der Waals surface area contributed by atoms with Crippen LogP contribution in [0.15, 0.2) is 45.5 Å². The van der Waals surface area contributed by atoms with Gasteiger partial charge >= 0.3 is 0 Å². The number of rotatable bonds is 7. The summed E-state index contributed by atoms with van der Waals surface area (Å²) in [5, 5.41) is 5.86. The number of furan rings is 1. The van der Waals surface area contributed by atoms with Gasteiger partial charge in [0.25, 0.3) is 5.91 Å². The molecule has 6 nitrogen and oxygen atoms in total. The van der Waals surface area contributed by atoms with Gasteiger partial charge in [0, 0.05) is 24.3 Å². The van der Waals surface area contributed by atoms with E-state index in [-0.39, 0.29) is 23.1 Å². The molecule has 0 bridgehead atoms. The second kappa shape index (κ2) is 9.79. The molecule has 3 rings (SSSR count). The van der Waals surface area contributed by atoms with Gasteiger partial charge in [0.1, 0.15) is 0 Å². The lowest BCUT2D eigenvalue weighted by atomic mass is 9.93. The first-order valence-corrected chi connectivity index (χ1v) is 11.2. The third-order valence-corrected chi connectivity index (χ3v) is 6.03. The van der Waals surface area contributed by atoms with E-state index in [1.807, 2.05) is 12.1 Å². The Balaban J connectivity index is 1.47. The molecular formula is C23H30BrN3O3. The second-order valence-corrected chi connectivity index (χ2v) is 9.50. The van der Waals surface area contributed by atoms with Gasteiger partial charge in [-0.2, -0.15) is 0 Å². The van der Waals surface area contributed by atoms with Gasteiger partial charge in [-0.25, -0.2) is 0 Å². The lowest BCUT2D eigenvalue weighted by Gasteiger charge is -2.43. The zero-order chi connectivity index (χ0) is 21.7. The van der Waals surface area contributed by atoms with Gasteiger partial charge in [-0.05, 0) is 84.9 Å². The number of benzene rings is 1. The standard InChI is InChI=1S/C23H30BrN3O3/c1-16-5-4-12-27(14-16)23(2,3)15-25-21(28)13-17-6-8-18(9-7-17)26-22(29)19-10-11-20(24)30-19/h6-11,16H,4-5,12-15H2,1-3H3,(H,25,28)(H,26,29). The van der Waals surface area contributed by atoms with E-state index in [4.69, 9.17) is 4.42 Å². The van der Waals surface area contributed by atoms with Crippen LogP contribution in [0.25, 0.3) is 0 Å². The van der Waals surface area contributed by atoms with E-state index in [9.17, 15) is 9.59 Å². The molecule has 162 valence electrons. The maximum Gasteiger partial charge on any atom is 0.291 e. The molecule has 1 fully saturated rings. The summed E-state index contributed by atoms with van der Waals surface area (Å²) in [6.45, 7) is 9.49. The smallest absolute Gasteiger partial charge is 0.291 e. The Morgan fingerprint density at radius 1 is 1.20 bits per heavy atom. The number of piperidine rings is 1. The monoisotopic (exact) mass is 475 g/mol. The Morgan fingerprint density at radius 3 is 2.57 bits per heavy atom. The van der Waals surface area contributed by atoms with Crippen LogP contribution in [0.1, 0.15) is 49.7 Å². The highest BCUT2D eigenvalue weighted by molar-refractivity contribution is 9.10. The van der Waals surface area contributed by atoms with E-state index >= 15 is 0 Å². The van der Waals surface area contributed by atoms with Crippen molar-refractivity contribution in [3.05, 3.63) is 52.4 Å². The Kier molecular flexibility index (Phi) is 7.36. The number of amides is 2. The second-order valence-electron chi connectivity index (χ2n) is 8.71. The number of anilines is 1. The molecule has 1 aromatic carbocycles. The minimum absolute atomic E-state index is 0.00496. The topological polar surface area (TPSA) is 74.6 Å². The fraction of sp³-hybridized carbons (Fsp3) is 0.478. The predicted octanol–water partition coefficient (Wildman–Crippen LogP) is 4.46. The van der Waals surface area contributed by atoms with Crippen molar-refractivity contribution in [2.24, 2.45) is 5.92 Å². The predicted molar refractivity (Wildman–Crippen MR) is 122 cm³/mol. The molecule has 2 amide bonds. The van der Waals surface area contributed by atoms with Crippen molar-refractivity contribution < 1.29 is 14.0 Å². The molecular weight excluding hydrogens is 446 g/mol. The minimum atomic E-state index is -0.319. The molecule has 7 heteroatoms. The number of halogens is 1. The van der Waals surface area contributed by atoms with Gasteiger partial charge in [0.2, 0.25) is 5.91 Å². The van der Waals surface area contributed by atoms with Gasteiger partial charge in [0.05, 0.1) is 6.42 Å². The third-order valence-electron chi connectivity index (χ3n) is 5.60. The summed E-state index contributed by atoms with van der Waals surface area (Å²) >= 11 is 3.18. The van der Waals surface area contributed by atoms with Crippen LogP contribution in [0.5, 0.6) is 0 Å². The zero-order valence-electron chi connectivity index (χ0n) is 17.8. The highest BCUT2D eigenvalue weighted by atomic mass is 79.9. The highest BCUT2D eigenvalue weighted by Gasteiger charge is 2.30. The molecule has 1 aliphatic heterocycles. The number of hydrogen-bond donors (Lipinski definition) is 2. The maximum atomic E-state index is 12.4. The Morgan fingerprint density at radius 2 is 1.93 bits per heavy atom. The normalized spacial score (nSPS) is 17.5. The molecule has 2 heterocycles. The van der Waals surface area contributed by atoms with Crippen LogP contribution in [0.4, 0.5) is 5.69 Å². The van der Waals surface area contributed by atoms with Crippen molar-refractivity contribution >= 4 is 33.4 Å². The number of carbonyl (C=O) groups is 2. The van der Waals surface area contributed by atoms with E-state index in [1.165, 1.54) is 12.8 Å². The van der Waals surface area contributed by atoms with E-state index in [0.717, 1.165) is 18.7 Å². The molecule has 1 saturated heterocycles. The fourth-order valence-electron chi connectivity index (χ4n) is 3.75. The number of likely N-dealkylation sites (tertiary alicyclic amines) is 1. The van der Waals surface area contributed by atoms with E-state index in [2.05, 4.69) is 52.2 Å². The lowest BCUT2D eigenvalue weighted by Crippen LogP contribution is -2.54. The summed E-state index contributed by atoms with van der Waals surface area (Å²) < 4.78 is 5.75. The molecule has 1 aromatic heterocycles. The lowest BCUT2D eigenvalue weighted by molar-refractivity contribution is -0.121. The molecule has 2 N–H and O–H groups in total. The molecule has 1 unspecified atom stereocenters. The zero-order valence-corrected chi connectivity index (χ0v) is 19.4. The molecule has 0 spiro atoms. The highest BCUT2D eigenvalue weighted by Crippen LogP contribution is 2.23. The Bertz CT molecular complexity index is 876. The van der Waals surface area contributed by atoms with Crippen molar-refractivity contribution in [2.75, 3.05) is 25.0 Å². The maximum absolute atomic E-state index is 12.4. The molecule has 2 aromatic rings. The quantitative estimate of drug-likeness (QED) is 0.619. The Labute approximate surface area is 186 Å². The molecule has 1 aliphatic rings. The SMILES string of the molecule is CC1CCCN(C(C)(C)CNC(=O)Cc2ccc(NC(=O)c3ccc(Br)o3)cc2)C1. The number of nitrogens with one attached hydrogen (secondary N) is 2. The van der Waals surface area contributed by atoms with Crippen LogP contribution >= 0.6 is 15.9 Å². The van der Waals surface area contributed by atoms with Gasteiger partial charge < -0.3 is 15.1 Å². The van der Waals surface area contributed by atoms with E-state index < -0.39 is 0 Å². The van der Waals surface area contributed by atoms with Crippen molar-refractivity contribution in [1.82, 2.24) is 10.2 Å². The van der Waals surface area contributed by atoms with Crippen LogP contribution in [0, 0.1) is 5.92 Å². The molecule has 0 saturated carbocycles. The Hall–Kier alpha value is -2.12. The van der Waals surface area contributed by atoms with Gasteiger partial charge in [0.15, 0.2) is 10.4 Å². The van der Waals surface area contributed by atoms with Gasteiger partial charge in [-0.1, -0.05) is 19.1 Å². The molecule has 1 atom stereocenters. The average Bonchev–Trinajstić information content (AvgIpc) is 3.15. The molecule has 0 radical (unpaired) electrons. The summed E-state index contributed by atoms with van der Waals surface area (Å²) in [5.74, 6) is 0.629.